The number of methoxy groups -OCH3 is 1. The molecular formula is C10H20N2O2. The number of nitrogens with two attached hydrogens (primary N) is 1. The first-order chi connectivity index (χ1) is 6.74. The van der Waals surface area contributed by atoms with Gasteiger partial charge in [0, 0.05) is 20.3 Å². The number of ether oxygens (including phenoxy) is 1. The van der Waals surface area contributed by atoms with Gasteiger partial charge < -0.3 is 15.8 Å². The maximum absolute atomic E-state index is 11.4. The summed E-state index contributed by atoms with van der Waals surface area (Å²) in [5.41, 5.74) is 5.70. The van der Waals surface area contributed by atoms with Crippen LogP contribution in [0.15, 0.2) is 0 Å². The second-order valence-electron chi connectivity index (χ2n) is 3.93. The molecule has 4 heteroatoms. The molecule has 1 amide bonds. The highest BCUT2D eigenvalue weighted by atomic mass is 16.5. The Labute approximate surface area is 85.2 Å². The van der Waals surface area contributed by atoms with Crippen molar-refractivity contribution in [3.63, 3.8) is 0 Å². The van der Waals surface area contributed by atoms with E-state index in [-0.39, 0.29) is 11.9 Å². The molecule has 1 atom stereocenters. The molecule has 3 N–H and O–H groups in total. The van der Waals surface area contributed by atoms with Gasteiger partial charge in [-0.25, -0.2) is 0 Å². The monoisotopic (exact) mass is 200 g/mol. The molecule has 1 aliphatic rings. The normalized spacial score (nSPS) is 17.9. The first-order valence-electron chi connectivity index (χ1n) is 5.26. The molecule has 1 rings (SSSR count). The van der Waals surface area contributed by atoms with Crippen molar-refractivity contribution < 1.29 is 9.53 Å². The average molecular weight is 200 g/mol. The molecular weight excluding hydrogens is 180 g/mol. The average Bonchev–Trinajstić information content (AvgIpc) is 2.98. The van der Waals surface area contributed by atoms with Crippen LogP contribution in [0.3, 0.4) is 0 Å². The topological polar surface area (TPSA) is 64.3 Å². The van der Waals surface area contributed by atoms with Gasteiger partial charge in [-0.1, -0.05) is 0 Å². The van der Waals surface area contributed by atoms with Crippen molar-refractivity contribution in [1.82, 2.24) is 5.32 Å². The zero-order valence-corrected chi connectivity index (χ0v) is 8.79. The highest BCUT2D eigenvalue weighted by Crippen LogP contribution is 2.27. The van der Waals surface area contributed by atoms with Crippen LogP contribution >= 0.6 is 0 Å². The van der Waals surface area contributed by atoms with Crippen LogP contribution in [-0.2, 0) is 9.53 Å². The molecule has 0 aliphatic heterocycles. The van der Waals surface area contributed by atoms with Crippen LogP contribution in [-0.4, -0.2) is 32.2 Å². The molecule has 0 aromatic rings. The highest BCUT2D eigenvalue weighted by molar-refractivity contribution is 5.81. The Kier molecular flexibility index (Phi) is 4.90. The van der Waals surface area contributed by atoms with E-state index < -0.39 is 0 Å². The Hall–Kier alpha value is -0.610. The number of hydrogen-bond acceptors (Lipinski definition) is 3. The predicted octanol–water partition coefficient (Wildman–Crippen LogP) is 0.267. The van der Waals surface area contributed by atoms with E-state index in [0.29, 0.717) is 18.9 Å². The van der Waals surface area contributed by atoms with Crippen LogP contribution in [0, 0.1) is 5.92 Å². The summed E-state index contributed by atoms with van der Waals surface area (Å²) in [5.74, 6) is 0.693. The fourth-order valence-electron chi connectivity index (χ4n) is 1.28. The molecule has 0 heterocycles. The lowest BCUT2D eigenvalue weighted by molar-refractivity contribution is -0.122. The third kappa shape index (κ3) is 4.58. The molecule has 1 unspecified atom stereocenters. The molecule has 14 heavy (non-hydrogen) atoms. The maximum atomic E-state index is 11.4. The zero-order chi connectivity index (χ0) is 10.4. The predicted molar refractivity (Wildman–Crippen MR) is 54.8 cm³/mol. The fraction of sp³-hybridized carbons (Fsp3) is 0.900. The van der Waals surface area contributed by atoms with Crippen LogP contribution in [0.4, 0.5) is 0 Å². The van der Waals surface area contributed by atoms with E-state index in [4.69, 9.17) is 10.5 Å². The van der Waals surface area contributed by atoms with Crippen molar-refractivity contribution >= 4 is 5.91 Å². The van der Waals surface area contributed by atoms with Gasteiger partial charge >= 0.3 is 0 Å². The highest BCUT2D eigenvalue weighted by Gasteiger charge is 2.22. The first-order valence-corrected chi connectivity index (χ1v) is 5.26. The fourth-order valence-corrected chi connectivity index (χ4v) is 1.28. The number of nitrogens with one attached hydrogen (secondary N) is 1. The second kappa shape index (κ2) is 5.98. The standard InChI is InChI=1S/C10H20N2O2/c1-14-6-2-3-9(11)10(13)12-7-8-4-5-8/h8-9H,2-7,11H2,1H3,(H,12,13). The van der Waals surface area contributed by atoms with Gasteiger partial charge in [-0.15, -0.1) is 0 Å². The van der Waals surface area contributed by atoms with Gasteiger partial charge in [-0.05, 0) is 31.6 Å². The molecule has 0 spiro atoms. The Morgan fingerprint density at radius 1 is 1.64 bits per heavy atom. The number of hydrogen-bond donors (Lipinski definition) is 2. The lowest BCUT2D eigenvalue weighted by Crippen LogP contribution is -2.41. The summed E-state index contributed by atoms with van der Waals surface area (Å²) in [6, 6.07) is -0.371. The minimum atomic E-state index is -0.371. The van der Waals surface area contributed by atoms with Gasteiger partial charge in [0.2, 0.25) is 5.91 Å². The third-order valence-corrected chi connectivity index (χ3v) is 2.46. The largest absolute Gasteiger partial charge is 0.385 e. The van der Waals surface area contributed by atoms with Crippen molar-refractivity contribution in [2.45, 2.75) is 31.7 Å². The quantitative estimate of drug-likeness (QED) is 0.580. The molecule has 1 saturated carbocycles. The van der Waals surface area contributed by atoms with Crippen LogP contribution in [0.5, 0.6) is 0 Å². The van der Waals surface area contributed by atoms with Gasteiger partial charge in [0.1, 0.15) is 0 Å². The van der Waals surface area contributed by atoms with E-state index in [2.05, 4.69) is 5.32 Å². The van der Waals surface area contributed by atoms with Gasteiger partial charge in [0.15, 0.2) is 0 Å². The molecule has 0 saturated heterocycles. The Bertz CT molecular complexity index is 181. The van der Waals surface area contributed by atoms with Gasteiger partial charge in [-0.2, -0.15) is 0 Å². The molecule has 1 fully saturated rings. The molecule has 82 valence electrons. The van der Waals surface area contributed by atoms with Gasteiger partial charge in [0.05, 0.1) is 6.04 Å². The van der Waals surface area contributed by atoms with E-state index >= 15 is 0 Å². The van der Waals surface area contributed by atoms with Crippen LogP contribution in [0.1, 0.15) is 25.7 Å². The van der Waals surface area contributed by atoms with Crippen LogP contribution in [0.25, 0.3) is 0 Å². The molecule has 0 aromatic heterocycles. The van der Waals surface area contributed by atoms with E-state index in [1.165, 1.54) is 12.8 Å². The lowest BCUT2D eigenvalue weighted by Gasteiger charge is -2.11. The van der Waals surface area contributed by atoms with Crippen molar-refractivity contribution in [1.29, 1.82) is 0 Å². The van der Waals surface area contributed by atoms with Crippen molar-refractivity contribution in [3.05, 3.63) is 0 Å². The molecule has 1 aliphatic carbocycles. The smallest absolute Gasteiger partial charge is 0.236 e. The summed E-state index contributed by atoms with van der Waals surface area (Å²) in [5, 5.41) is 2.87. The Balaban J connectivity index is 2.02. The second-order valence-corrected chi connectivity index (χ2v) is 3.93. The summed E-state index contributed by atoms with van der Waals surface area (Å²) in [6.07, 6.45) is 4.04. The van der Waals surface area contributed by atoms with Gasteiger partial charge in [-0.3, -0.25) is 4.79 Å². The number of amides is 1. The van der Waals surface area contributed by atoms with Crippen LogP contribution in [0.2, 0.25) is 0 Å². The molecule has 0 bridgehead atoms. The summed E-state index contributed by atoms with van der Waals surface area (Å²) in [4.78, 5) is 11.4. The zero-order valence-electron chi connectivity index (χ0n) is 8.79. The van der Waals surface area contributed by atoms with Crippen molar-refractivity contribution in [2.24, 2.45) is 11.7 Å². The number of carbonyl (C=O) groups is 1. The lowest BCUT2D eigenvalue weighted by atomic mass is 10.1. The molecule has 4 nitrogen and oxygen atoms in total. The summed E-state index contributed by atoms with van der Waals surface area (Å²) in [7, 11) is 1.65. The van der Waals surface area contributed by atoms with Crippen molar-refractivity contribution in [2.75, 3.05) is 20.3 Å². The van der Waals surface area contributed by atoms with Gasteiger partial charge in [0.25, 0.3) is 0 Å². The molecule has 0 aromatic carbocycles. The minimum Gasteiger partial charge on any atom is -0.385 e. The van der Waals surface area contributed by atoms with E-state index in [9.17, 15) is 4.79 Å². The SMILES string of the molecule is COCCCC(N)C(=O)NCC1CC1. The number of rotatable bonds is 7. The third-order valence-electron chi connectivity index (χ3n) is 2.46. The Morgan fingerprint density at radius 3 is 2.93 bits per heavy atom. The number of carbonyl (C=O) groups excluding carboxylic acids is 1. The van der Waals surface area contributed by atoms with E-state index in [1.807, 2.05) is 0 Å². The van der Waals surface area contributed by atoms with E-state index in [1.54, 1.807) is 7.11 Å². The summed E-state index contributed by atoms with van der Waals surface area (Å²) < 4.78 is 4.89. The van der Waals surface area contributed by atoms with Crippen LogP contribution < -0.4 is 11.1 Å². The van der Waals surface area contributed by atoms with Crippen molar-refractivity contribution in [3.8, 4) is 0 Å². The summed E-state index contributed by atoms with van der Waals surface area (Å²) in [6.45, 7) is 1.47. The minimum absolute atomic E-state index is 0.0204. The molecule has 0 radical (unpaired) electrons. The van der Waals surface area contributed by atoms with E-state index in [0.717, 1.165) is 13.0 Å². The Morgan fingerprint density at radius 2 is 2.36 bits per heavy atom. The summed E-state index contributed by atoms with van der Waals surface area (Å²) >= 11 is 0. The maximum Gasteiger partial charge on any atom is 0.236 e. The first kappa shape index (κ1) is 11.5.